The SMILES string of the molecule is O=C(/C=C/c1ccc(O)cc1F)C1(C(=O)/C=C/c2ccc(O)cc2F)CCCCC1. The van der Waals surface area contributed by atoms with Gasteiger partial charge in [0, 0.05) is 23.3 Å². The zero-order chi connectivity index (χ0) is 21.7. The first kappa shape index (κ1) is 21.4. The Kier molecular flexibility index (Phi) is 6.45. The van der Waals surface area contributed by atoms with E-state index in [0.717, 1.165) is 18.6 Å². The van der Waals surface area contributed by atoms with E-state index in [2.05, 4.69) is 0 Å². The quantitative estimate of drug-likeness (QED) is 0.506. The monoisotopic (exact) mass is 412 g/mol. The predicted octanol–water partition coefficient (Wildman–Crippen LogP) is 5.19. The van der Waals surface area contributed by atoms with Crippen LogP contribution in [0.5, 0.6) is 11.5 Å². The van der Waals surface area contributed by atoms with Gasteiger partial charge >= 0.3 is 0 Å². The van der Waals surface area contributed by atoms with Gasteiger partial charge in [-0.25, -0.2) is 8.78 Å². The molecule has 0 spiro atoms. The van der Waals surface area contributed by atoms with Crippen LogP contribution in [-0.2, 0) is 9.59 Å². The molecule has 3 rings (SSSR count). The second-order valence-electron chi connectivity index (χ2n) is 7.45. The zero-order valence-corrected chi connectivity index (χ0v) is 16.3. The molecule has 1 aliphatic carbocycles. The minimum absolute atomic E-state index is 0.126. The first-order valence-electron chi connectivity index (χ1n) is 9.74. The third kappa shape index (κ3) is 4.64. The van der Waals surface area contributed by atoms with Gasteiger partial charge in [0.2, 0.25) is 0 Å². The molecule has 2 aromatic rings. The van der Waals surface area contributed by atoms with E-state index in [4.69, 9.17) is 0 Å². The van der Waals surface area contributed by atoms with Crippen LogP contribution in [0.25, 0.3) is 12.2 Å². The van der Waals surface area contributed by atoms with Crippen molar-refractivity contribution in [3.05, 3.63) is 71.3 Å². The van der Waals surface area contributed by atoms with Crippen LogP contribution in [0.1, 0.15) is 43.2 Å². The van der Waals surface area contributed by atoms with Crippen molar-refractivity contribution in [3.63, 3.8) is 0 Å². The van der Waals surface area contributed by atoms with Crippen molar-refractivity contribution in [2.45, 2.75) is 32.1 Å². The summed E-state index contributed by atoms with van der Waals surface area (Å²) in [6.07, 6.45) is 8.07. The molecule has 2 aromatic carbocycles. The van der Waals surface area contributed by atoms with E-state index in [1.54, 1.807) is 0 Å². The Morgan fingerprint density at radius 3 is 1.60 bits per heavy atom. The summed E-state index contributed by atoms with van der Waals surface area (Å²) in [6, 6.07) is 7.20. The molecule has 30 heavy (non-hydrogen) atoms. The molecule has 1 saturated carbocycles. The molecule has 156 valence electrons. The third-order valence-electron chi connectivity index (χ3n) is 5.45. The summed E-state index contributed by atoms with van der Waals surface area (Å²) in [4.78, 5) is 26.0. The van der Waals surface area contributed by atoms with Crippen LogP contribution in [0.15, 0.2) is 48.6 Å². The Bertz CT molecular complexity index is 942. The second-order valence-corrected chi connectivity index (χ2v) is 7.45. The molecular formula is C24H22F2O4. The number of ketones is 2. The molecule has 0 bridgehead atoms. The Labute approximate surface area is 173 Å². The summed E-state index contributed by atoms with van der Waals surface area (Å²) in [5, 5.41) is 18.6. The molecule has 0 unspecified atom stereocenters. The van der Waals surface area contributed by atoms with Crippen molar-refractivity contribution >= 4 is 23.7 Å². The lowest BCUT2D eigenvalue weighted by atomic mass is 9.68. The van der Waals surface area contributed by atoms with Crippen LogP contribution in [-0.4, -0.2) is 21.8 Å². The molecule has 2 N–H and O–H groups in total. The first-order chi connectivity index (χ1) is 14.3. The van der Waals surface area contributed by atoms with Crippen LogP contribution in [0.2, 0.25) is 0 Å². The topological polar surface area (TPSA) is 74.6 Å². The zero-order valence-electron chi connectivity index (χ0n) is 16.3. The number of benzene rings is 2. The summed E-state index contributed by atoms with van der Waals surface area (Å²) in [7, 11) is 0. The minimum atomic E-state index is -1.26. The lowest BCUT2D eigenvalue weighted by Gasteiger charge is -2.32. The van der Waals surface area contributed by atoms with Gasteiger partial charge in [-0.2, -0.15) is 0 Å². The van der Waals surface area contributed by atoms with Gasteiger partial charge in [0.25, 0.3) is 0 Å². The Morgan fingerprint density at radius 2 is 1.20 bits per heavy atom. The maximum absolute atomic E-state index is 13.9. The van der Waals surface area contributed by atoms with E-state index in [0.29, 0.717) is 25.7 Å². The molecule has 1 fully saturated rings. The average Bonchev–Trinajstić information content (AvgIpc) is 2.72. The molecule has 6 heteroatoms. The fourth-order valence-electron chi connectivity index (χ4n) is 3.72. The molecule has 4 nitrogen and oxygen atoms in total. The Balaban J connectivity index is 1.85. The van der Waals surface area contributed by atoms with Crippen LogP contribution >= 0.6 is 0 Å². The van der Waals surface area contributed by atoms with Gasteiger partial charge in [-0.05, 0) is 61.4 Å². The van der Waals surface area contributed by atoms with E-state index in [1.165, 1.54) is 48.6 Å². The number of hydrogen-bond acceptors (Lipinski definition) is 4. The van der Waals surface area contributed by atoms with Crippen LogP contribution < -0.4 is 0 Å². The molecule has 1 aliphatic rings. The van der Waals surface area contributed by atoms with Gasteiger partial charge in [-0.3, -0.25) is 9.59 Å². The first-order valence-corrected chi connectivity index (χ1v) is 9.74. The fourth-order valence-corrected chi connectivity index (χ4v) is 3.72. The standard InChI is InChI=1S/C24H22F2O4/c25-20-14-18(27)8-4-16(20)6-10-22(29)24(12-2-1-3-13-24)23(30)11-7-17-5-9-19(28)15-21(17)26/h4-11,14-15,27-28H,1-3,12-13H2/b10-6+,11-7+. The lowest BCUT2D eigenvalue weighted by Crippen LogP contribution is -2.39. The highest BCUT2D eigenvalue weighted by atomic mass is 19.1. The van der Waals surface area contributed by atoms with Crippen molar-refractivity contribution in [1.29, 1.82) is 0 Å². The third-order valence-corrected chi connectivity index (χ3v) is 5.45. The Hall–Kier alpha value is -3.28. The lowest BCUT2D eigenvalue weighted by molar-refractivity contribution is -0.137. The number of carbonyl (C=O) groups excluding carboxylic acids is 2. The Morgan fingerprint density at radius 1 is 0.767 bits per heavy atom. The summed E-state index contributed by atoms with van der Waals surface area (Å²) in [6.45, 7) is 0. The van der Waals surface area contributed by atoms with E-state index in [1.807, 2.05) is 0 Å². The highest BCUT2D eigenvalue weighted by Gasteiger charge is 2.43. The second kappa shape index (κ2) is 9.03. The number of allylic oxidation sites excluding steroid dienone is 2. The average molecular weight is 412 g/mol. The maximum atomic E-state index is 13.9. The normalized spacial score (nSPS) is 16.2. The number of phenolic OH excluding ortho intramolecular Hbond substituents is 2. The van der Waals surface area contributed by atoms with E-state index in [9.17, 15) is 28.6 Å². The van der Waals surface area contributed by atoms with Crippen LogP contribution in [0.4, 0.5) is 8.78 Å². The predicted molar refractivity (Wildman–Crippen MR) is 110 cm³/mol. The van der Waals surface area contributed by atoms with Crippen LogP contribution in [0, 0.1) is 17.0 Å². The summed E-state index contributed by atoms with van der Waals surface area (Å²) in [5.74, 6) is -2.63. The van der Waals surface area contributed by atoms with Gasteiger partial charge in [0.05, 0.1) is 5.41 Å². The van der Waals surface area contributed by atoms with Gasteiger partial charge in [-0.15, -0.1) is 0 Å². The van der Waals surface area contributed by atoms with Crippen molar-refractivity contribution < 1.29 is 28.6 Å². The molecule has 0 amide bonds. The smallest absolute Gasteiger partial charge is 0.169 e. The number of carbonyl (C=O) groups is 2. The van der Waals surface area contributed by atoms with E-state index < -0.39 is 28.6 Å². The van der Waals surface area contributed by atoms with E-state index in [-0.39, 0.29) is 22.6 Å². The molecule has 0 saturated heterocycles. The van der Waals surface area contributed by atoms with Gasteiger partial charge in [-0.1, -0.05) is 19.3 Å². The molecule has 0 heterocycles. The van der Waals surface area contributed by atoms with Gasteiger partial charge < -0.3 is 10.2 Å². The molecule has 0 radical (unpaired) electrons. The number of halogens is 2. The van der Waals surface area contributed by atoms with Gasteiger partial charge in [0.15, 0.2) is 11.6 Å². The van der Waals surface area contributed by atoms with E-state index >= 15 is 0 Å². The number of aromatic hydroxyl groups is 2. The molecule has 0 atom stereocenters. The van der Waals surface area contributed by atoms with Crippen molar-refractivity contribution in [2.75, 3.05) is 0 Å². The van der Waals surface area contributed by atoms with Crippen molar-refractivity contribution in [3.8, 4) is 11.5 Å². The highest BCUT2D eigenvalue weighted by molar-refractivity contribution is 6.17. The number of hydrogen-bond donors (Lipinski definition) is 2. The molecule has 0 aliphatic heterocycles. The minimum Gasteiger partial charge on any atom is -0.508 e. The molecule has 0 aromatic heterocycles. The largest absolute Gasteiger partial charge is 0.508 e. The summed E-state index contributed by atoms with van der Waals surface area (Å²) < 4.78 is 27.8. The summed E-state index contributed by atoms with van der Waals surface area (Å²) in [5.41, 5.74) is -1.01. The van der Waals surface area contributed by atoms with Crippen LogP contribution in [0.3, 0.4) is 0 Å². The molecular weight excluding hydrogens is 390 g/mol. The fraction of sp³-hybridized carbons (Fsp3) is 0.250. The summed E-state index contributed by atoms with van der Waals surface area (Å²) >= 11 is 0. The maximum Gasteiger partial charge on any atom is 0.169 e. The highest BCUT2D eigenvalue weighted by Crippen LogP contribution is 2.39. The van der Waals surface area contributed by atoms with Crippen molar-refractivity contribution in [2.24, 2.45) is 5.41 Å². The number of rotatable bonds is 6. The number of phenols is 2. The van der Waals surface area contributed by atoms with Gasteiger partial charge in [0.1, 0.15) is 23.1 Å². The van der Waals surface area contributed by atoms with Crippen molar-refractivity contribution in [1.82, 2.24) is 0 Å².